The molecule has 3 N–H and O–H groups in total. The molecule has 0 amide bonds. The Morgan fingerprint density at radius 3 is 2.94 bits per heavy atom. The van der Waals surface area contributed by atoms with Gasteiger partial charge in [-0.15, -0.1) is 0 Å². The lowest BCUT2D eigenvalue weighted by Gasteiger charge is -1.97. The maximum atomic E-state index is 11.0. The van der Waals surface area contributed by atoms with Crippen molar-refractivity contribution in [2.45, 2.75) is 11.6 Å². The summed E-state index contributed by atoms with van der Waals surface area (Å²) >= 11 is 1.52. The van der Waals surface area contributed by atoms with Crippen molar-refractivity contribution in [1.82, 2.24) is 9.97 Å². The highest BCUT2D eigenvalue weighted by atomic mass is 32.2. The van der Waals surface area contributed by atoms with Crippen LogP contribution in [-0.4, -0.2) is 36.1 Å². The van der Waals surface area contributed by atoms with E-state index < -0.39 is 9.84 Å². The molecule has 0 fully saturated rings. The first kappa shape index (κ1) is 13.2. The number of hydrogen-bond donors (Lipinski definition) is 2. The van der Waals surface area contributed by atoms with Crippen molar-refractivity contribution in [3.63, 3.8) is 0 Å². The van der Waals surface area contributed by atoms with E-state index >= 15 is 0 Å². The summed E-state index contributed by atoms with van der Waals surface area (Å²) in [6, 6.07) is 5.51. The van der Waals surface area contributed by atoms with Crippen LogP contribution >= 0.6 is 11.8 Å². The fourth-order valence-electron chi connectivity index (χ4n) is 1.56. The molecule has 1 aromatic heterocycles. The smallest absolute Gasteiger partial charge is 0.166 e. The molecular weight excluding hydrogens is 270 g/mol. The summed E-state index contributed by atoms with van der Waals surface area (Å²) in [5, 5.41) is 0.795. The minimum absolute atomic E-state index is 0.215. The van der Waals surface area contributed by atoms with Crippen LogP contribution in [0.3, 0.4) is 0 Å². The molecule has 0 spiro atoms. The van der Waals surface area contributed by atoms with Crippen molar-refractivity contribution in [1.29, 1.82) is 0 Å². The molecule has 0 saturated heterocycles. The van der Waals surface area contributed by atoms with Gasteiger partial charge >= 0.3 is 0 Å². The number of thioether (sulfide) groups is 1. The molecule has 0 aliphatic rings. The Morgan fingerprint density at radius 1 is 1.44 bits per heavy atom. The first-order valence-corrected chi connectivity index (χ1v) is 8.54. The van der Waals surface area contributed by atoms with Crippen LogP contribution in [0.4, 0.5) is 5.69 Å². The van der Waals surface area contributed by atoms with Crippen LogP contribution in [0.5, 0.6) is 0 Å². The average molecular weight is 285 g/mol. The van der Waals surface area contributed by atoms with Gasteiger partial charge in [0.1, 0.15) is 9.84 Å². The third-order valence-corrected chi connectivity index (χ3v) is 4.37. The molecule has 0 aliphatic carbocycles. The standard InChI is InChI=1S/C11H15N3O2S2/c1-18(15,16)6-2-5-17-11-13-9-4-3-8(12)7-10(9)14-11/h3-4,7H,2,5-6,12H2,1H3,(H,13,14). The Morgan fingerprint density at radius 2 is 2.22 bits per heavy atom. The molecule has 0 saturated carbocycles. The van der Waals surface area contributed by atoms with E-state index in [9.17, 15) is 8.42 Å². The quantitative estimate of drug-likeness (QED) is 0.495. The van der Waals surface area contributed by atoms with Crippen LogP contribution in [0, 0.1) is 0 Å². The molecule has 7 heteroatoms. The van der Waals surface area contributed by atoms with Crippen LogP contribution in [0.15, 0.2) is 23.4 Å². The van der Waals surface area contributed by atoms with E-state index in [1.807, 2.05) is 12.1 Å². The summed E-state index contributed by atoms with van der Waals surface area (Å²) in [4.78, 5) is 7.55. The van der Waals surface area contributed by atoms with Gasteiger partial charge in [0, 0.05) is 17.7 Å². The largest absolute Gasteiger partial charge is 0.399 e. The number of nitrogens with two attached hydrogens (primary N) is 1. The second kappa shape index (κ2) is 5.19. The van der Waals surface area contributed by atoms with Gasteiger partial charge in [-0.25, -0.2) is 13.4 Å². The number of sulfone groups is 1. The molecule has 2 rings (SSSR count). The third kappa shape index (κ3) is 3.64. The molecule has 2 aromatic rings. The van der Waals surface area contributed by atoms with E-state index in [2.05, 4.69) is 9.97 Å². The minimum Gasteiger partial charge on any atom is -0.399 e. The predicted octanol–water partition coefficient (Wildman–Crippen LogP) is 1.67. The molecule has 18 heavy (non-hydrogen) atoms. The molecular formula is C11H15N3O2S2. The number of nitrogens with one attached hydrogen (secondary N) is 1. The van der Waals surface area contributed by atoms with E-state index in [0.717, 1.165) is 21.9 Å². The number of nitrogens with zero attached hydrogens (tertiary/aromatic N) is 1. The lowest BCUT2D eigenvalue weighted by molar-refractivity contribution is 0.600. The number of fused-ring (bicyclic) bond motifs is 1. The maximum absolute atomic E-state index is 11.0. The summed E-state index contributed by atoms with van der Waals surface area (Å²) in [5.74, 6) is 0.940. The number of rotatable bonds is 5. The summed E-state index contributed by atoms with van der Waals surface area (Å²) in [6.07, 6.45) is 1.88. The first-order chi connectivity index (χ1) is 8.44. The van der Waals surface area contributed by atoms with E-state index in [-0.39, 0.29) is 5.75 Å². The van der Waals surface area contributed by atoms with Crippen molar-refractivity contribution in [2.24, 2.45) is 0 Å². The zero-order valence-electron chi connectivity index (χ0n) is 10.0. The zero-order valence-corrected chi connectivity index (χ0v) is 11.6. The molecule has 0 atom stereocenters. The van der Waals surface area contributed by atoms with Gasteiger partial charge in [0.05, 0.1) is 16.8 Å². The van der Waals surface area contributed by atoms with Crippen molar-refractivity contribution in [3.8, 4) is 0 Å². The van der Waals surface area contributed by atoms with E-state index in [0.29, 0.717) is 12.1 Å². The Labute approximate surface area is 110 Å². The minimum atomic E-state index is -2.87. The van der Waals surface area contributed by atoms with Gasteiger partial charge in [0.25, 0.3) is 0 Å². The fourth-order valence-corrected chi connectivity index (χ4v) is 3.24. The second-order valence-corrected chi connectivity index (χ2v) is 7.49. The van der Waals surface area contributed by atoms with Crippen molar-refractivity contribution >= 4 is 38.3 Å². The lowest BCUT2D eigenvalue weighted by atomic mass is 10.3. The van der Waals surface area contributed by atoms with E-state index in [1.54, 1.807) is 6.07 Å². The van der Waals surface area contributed by atoms with Crippen molar-refractivity contribution in [3.05, 3.63) is 18.2 Å². The average Bonchev–Trinajstić information content (AvgIpc) is 2.65. The lowest BCUT2D eigenvalue weighted by Crippen LogP contribution is -2.03. The summed E-state index contributed by atoms with van der Waals surface area (Å²) < 4.78 is 21.9. The highest BCUT2D eigenvalue weighted by Gasteiger charge is 2.05. The topological polar surface area (TPSA) is 88.8 Å². The summed E-state index contributed by atoms with van der Waals surface area (Å²) in [6.45, 7) is 0. The van der Waals surface area contributed by atoms with Crippen LogP contribution in [0.1, 0.15) is 6.42 Å². The number of imidazole rings is 1. The van der Waals surface area contributed by atoms with Crippen LogP contribution in [0.2, 0.25) is 0 Å². The van der Waals surface area contributed by atoms with E-state index in [4.69, 9.17) is 5.73 Å². The van der Waals surface area contributed by atoms with Gasteiger partial charge in [-0.05, 0) is 24.6 Å². The molecule has 98 valence electrons. The van der Waals surface area contributed by atoms with Gasteiger partial charge in [-0.3, -0.25) is 0 Å². The Balaban J connectivity index is 1.96. The summed E-state index contributed by atoms with van der Waals surface area (Å²) in [5.41, 5.74) is 8.15. The number of aromatic nitrogens is 2. The monoisotopic (exact) mass is 285 g/mol. The Kier molecular flexibility index (Phi) is 3.82. The van der Waals surface area contributed by atoms with Gasteiger partial charge in [0.2, 0.25) is 0 Å². The fraction of sp³-hybridized carbons (Fsp3) is 0.364. The molecule has 0 bridgehead atoms. The van der Waals surface area contributed by atoms with Crippen LogP contribution in [0.25, 0.3) is 11.0 Å². The second-order valence-electron chi connectivity index (χ2n) is 4.15. The van der Waals surface area contributed by atoms with Crippen LogP contribution in [-0.2, 0) is 9.84 Å². The molecule has 1 aromatic carbocycles. The van der Waals surface area contributed by atoms with Crippen molar-refractivity contribution in [2.75, 3.05) is 23.5 Å². The molecule has 0 unspecified atom stereocenters. The molecule has 0 aliphatic heterocycles. The first-order valence-electron chi connectivity index (χ1n) is 5.50. The molecule has 1 heterocycles. The third-order valence-electron chi connectivity index (χ3n) is 2.38. The van der Waals surface area contributed by atoms with Crippen molar-refractivity contribution < 1.29 is 8.42 Å². The Bertz CT molecular complexity index is 649. The Hall–Kier alpha value is -1.21. The highest BCUT2D eigenvalue weighted by molar-refractivity contribution is 7.99. The van der Waals surface area contributed by atoms with Gasteiger partial charge in [0.15, 0.2) is 5.16 Å². The maximum Gasteiger partial charge on any atom is 0.166 e. The number of anilines is 1. The highest BCUT2D eigenvalue weighted by Crippen LogP contribution is 2.21. The number of H-pyrrole nitrogens is 1. The molecule has 0 radical (unpaired) electrons. The van der Waals surface area contributed by atoms with Gasteiger partial charge < -0.3 is 10.7 Å². The zero-order chi connectivity index (χ0) is 13.2. The number of nitrogen functional groups attached to an aromatic ring is 1. The summed E-state index contributed by atoms with van der Waals surface area (Å²) in [7, 11) is -2.87. The van der Waals surface area contributed by atoms with Gasteiger partial charge in [-0.2, -0.15) is 0 Å². The number of aromatic amines is 1. The molecule has 5 nitrogen and oxygen atoms in total. The normalized spacial score (nSPS) is 12.1. The number of benzene rings is 1. The number of hydrogen-bond acceptors (Lipinski definition) is 5. The van der Waals surface area contributed by atoms with E-state index in [1.165, 1.54) is 18.0 Å². The predicted molar refractivity (Wildman–Crippen MR) is 75.6 cm³/mol. The SMILES string of the molecule is CS(=O)(=O)CCCSc1nc2ccc(N)cc2[nH]1. The van der Waals surface area contributed by atoms with Gasteiger partial charge in [-0.1, -0.05) is 11.8 Å². The van der Waals surface area contributed by atoms with Crippen LogP contribution < -0.4 is 5.73 Å².